The first-order chi connectivity index (χ1) is 11.5. The molecule has 1 unspecified atom stereocenters. The van der Waals surface area contributed by atoms with E-state index in [-0.39, 0.29) is 30.5 Å². The Labute approximate surface area is 143 Å². The molecule has 1 atom stereocenters. The second kappa shape index (κ2) is 8.80. The number of rotatable bonds is 6. The quantitative estimate of drug-likeness (QED) is 0.720. The fourth-order valence-electron chi connectivity index (χ4n) is 2.94. The lowest BCUT2D eigenvalue weighted by Gasteiger charge is -2.35. The normalized spacial score (nSPS) is 17.5. The Bertz CT molecular complexity index is 540. The molecule has 0 aromatic heterocycles. The summed E-state index contributed by atoms with van der Waals surface area (Å²) in [5.41, 5.74) is 0.899. The van der Waals surface area contributed by atoms with Crippen LogP contribution in [0.5, 0.6) is 0 Å². The minimum atomic E-state index is -0.439. The number of aliphatic hydroxyl groups excluding tert-OH is 1. The van der Waals surface area contributed by atoms with Crippen LogP contribution in [-0.4, -0.2) is 53.6 Å². The fraction of sp³-hybridized carbons (Fsp3) is 0.556. The van der Waals surface area contributed by atoms with Gasteiger partial charge in [0.15, 0.2) is 0 Å². The van der Waals surface area contributed by atoms with Gasteiger partial charge in [-0.3, -0.25) is 14.5 Å². The van der Waals surface area contributed by atoms with Gasteiger partial charge in [0.25, 0.3) is 0 Å². The van der Waals surface area contributed by atoms with Gasteiger partial charge >= 0.3 is 0 Å². The van der Waals surface area contributed by atoms with Gasteiger partial charge in [0, 0.05) is 19.1 Å². The third-order valence-electron chi connectivity index (χ3n) is 4.10. The van der Waals surface area contributed by atoms with Crippen LogP contribution in [0.15, 0.2) is 30.3 Å². The standard InChI is InChI=1S/C18H27N3O3/c1-13(2)20-16(23)12-19-18(24)17(14-6-4-3-5-7-14)21-10-8-15(22)9-11-21/h3-7,13,15,17,22H,8-12H2,1-2H3,(H,19,24)(H,20,23). The number of benzene rings is 1. The lowest BCUT2D eigenvalue weighted by Crippen LogP contribution is -2.47. The van der Waals surface area contributed by atoms with Crippen molar-refractivity contribution in [3.63, 3.8) is 0 Å². The lowest BCUT2D eigenvalue weighted by molar-refractivity contribution is -0.130. The van der Waals surface area contributed by atoms with E-state index in [1.165, 1.54) is 0 Å². The van der Waals surface area contributed by atoms with E-state index in [1.807, 2.05) is 44.2 Å². The van der Waals surface area contributed by atoms with E-state index in [0.29, 0.717) is 25.9 Å². The average Bonchev–Trinajstić information content (AvgIpc) is 2.55. The first-order valence-corrected chi connectivity index (χ1v) is 8.51. The number of amides is 2. The highest BCUT2D eigenvalue weighted by Crippen LogP contribution is 2.25. The van der Waals surface area contributed by atoms with Crippen LogP contribution in [0.25, 0.3) is 0 Å². The van der Waals surface area contributed by atoms with Crippen molar-refractivity contribution < 1.29 is 14.7 Å². The SMILES string of the molecule is CC(C)NC(=O)CNC(=O)C(c1ccccc1)N1CCC(O)CC1. The maximum absolute atomic E-state index is 12.7. The molecule has 3 N–H and O–H groups in total. The molecule has 1 aliphatic heterocycles. The van der Waals surface area contributed by atoms with Gasteiger partial charge in [-0.05, 0) is 32.3 Å². The second-order valence-electron chi connectivity index (χ2n) is 6.52. The molecule has 24 heavy (non-hydrogen) atoms. The van der Waals surface area contributed by atoms with Gasteiger partial charge in [-0.25, -0.2) is 0 Å². The van der Waals surface area contributed by atoms with E-state index >= 15 is 0 Å². The van der Waals surface area contributed by atoms with Crippen molar-refractivity contribution in [3.05, 3.63) is 35.9 Å². The van der Waals surface area contributed by atoms with Crippen molar-refractivity contribution in [2.45, 2.75) is 44.9 Å². The first-order valence-electron chi connectivity index (χ1n) is 8.51. The molecule has 0 aliphatic carbocycles. The van der Waals surface area contributed by atoms with Crippen LogP contribution >= 0.6 is 0 Å². The van der Waals surface area contributed by atoms with Crippen LogP contribution in [0.3, 0.4) is 0 Å². The van der Waals surface area contributed by atoms with Crippen molar-refractivity contribution in [2.24, 2.45) is 0 Å². The van der Waals surface area contributed by atoms with Crippen LogP contribution in [-0.2, 0) is 9.59 Å². The van der Waals surface area contributed by atoms with E-state index < -0.39 is 6.04 Å². The predicted molar refractivity (Wildman–Crippen MR) is 92.3 cm³/mol. The molecule has 1 aromatic carbocycles. The summed E-state index contributed by atoms with van der Waals surface area (Å²) in [5, 5.41) is 15.2. The molecule has 1 saturated heterocycles. The minimum absolute atomic E-state index is 0.0309. The van der Waals surface area contributed by atoms with E-state index in [0.717, 1.165) is 5.56 Å². The van der Waals surface area contributed by atoms with Crippen molar-refractivity contribution in [1.82, 2.24) is 15.5 Å². The van der Waals surface area contributed by atoms with Gasteiger partial charge in [0.2, 0.25) is 11.8 Å². The fourth-order valence-corrected chi connectivity index (χ4v) is 2.94. The Morgan fingerprint density at radius 1 is 1.21 bits per heavy atom. The second-order valence-corrected chi connectivity index (χ2v) is 6.52. The van der Waals surface area contributed by atoms with Gasteiger partial charge in [0.05, 0.1) is 12.6 Å². The Morgan fingerprint density at radius 3 is 2.42 bits per heavy atom. The van der Waals surface area contributed by atoms with Crippen molar-refractivity contribution in [1.29, 1.82) is 0 Å². The maximum Gasteiger partial charge on any atom is 0.242 e. The molecule has 6 nitrogen and oxygen atoms in total. The van der Waals surface area contributed by atoms with Crippen LogP contribution < -0.4 is 10.6 Å². The smallest absolute Gasteiger partial charge is 0.242 e. The van der Waals surface area contributed by atoms with Gasteiger partial charge in [-0.2, -0.15) is 0 Å². The zero-order chi connectivity index (χ0) is 17.5. The molecular weight excluding hydrogens is 306 g/mol. The summed E-state index contributed by atoms with van der Waals surface area (Å²) in [4.78, 5) is 26.6. The summed E-state index contributed by atoms with van der Waals surface area (Å²) in [6.07, 6.45) is 1.02. The number of hydrogen-bond acceptors (Lipinski definition) is 4. The van der Waals surface area contributed by atoms with Crippen molar-refractivity contribution in [2.75, 3.05) is 19.6 Å². The Morgan fingerprint density at radius 2 is 1.83 bits per heavy atom. The number of likely N-dealkylation sites (tertiary alicyclic amines) is 1. The zero-order valence-electron chi connectivity index (χ0n) is 14.4. The Hall–Kier alpha value is -1.92. The molecule has 1 aromatic rings. The lowest BCUT2D eigenvalue weighted by atomic mass is 10.00. The van der Waals surface area contributed by atoms with Crippen LogP contribution in [0.2, 0.25) is 0 Å². The summed E-state index contributed by atoms with van der Waals surface area (Å²) in [5.74, 6) is -0.379. The average molecular weight is 333 g/mol. The van der Waals surface area contributed by atoms with Gasteiger partial charge in [-0.1, -0.05) is 30.3 Å². The number of carbonyl (C=O) groups excluding carboxylic acids is 2. The summed E-state index contributed by atoms with van der Waals surface area (Å²) >= 11 is 0. The molecule has 1 fully saturated rings. The Kier molecular flexibility index (Phi) is 6.75. The molecule has 1 heterocycles. The van der Waals surface area contributed by atoms with Crippen molar-refractivity contribution >= 4 is 11.8 Å². The summed E-state index contributed by atoms with van der Waals surface area (Å²) in [7, 11) is 0. The summed E-state index contributed by atoms with van der Waals surface area (Å²) in [6, 6.07) is 9.16. The van der Waals surface area contributed by atoms with Crippen LogP contribution in [0.4, 0.5) is 0 Å². The maximum atomic E-state index is 12.7. The molecule has 0 spiro atoms. The molecule has 0 radical (unpaired) electrons. The molecule has 132 valence electrons. The third kappa shape index (κ3) is 5.32. The molecule has 2 amide bonds. The van der Waals surface area contributed by atoms with Gasteiger partial charge < -0.3 is 15.7 Å². The van der Waals surface area contributed by atoms with Gasteiger partial charge in [0.1, 0.15) is 6.04 Å². The highest BCUT2D eigenvalue weighted by Gasteiger charge is 2.30. The van der Waals surface area contributed by atoms with E-state index in [2.05, 4.69) is 15.5 Å². The van der Waals surface area contributed by atoms with Gasteiger partial charge in [-0.15, -0.1) is 0 Å². The van der Waals surface area contributed by atoms with Crippen molar-refractivity contribution in [3.8, 4) is 0 Å². The summed E-state index contributed by atoms with van der Waals surface area (Å²) < 4.78 is 0. The molecular formula is C18H27N3O3. The number of aliphatic hydroxyl groups is 1. The minimum Gasteiger partial charge on any atom is -0.393 e. The molecule has 2 rings (SSSR count). The predicted octanol–water partition coefficient (Wildman–Crippen LogP) is 0.825. The molecule has 1 aliphatic rings. The molecule has 0 bridgehead atoms. The number of nitrogens with zero attached hydrogens (tertiary/aromatic N) is 1. The largest absolute Gasteiger partial charge is 0.393 e. The monoisotopic (exact) mass is 333 g/mol. The number of hydrogen-bond donors (Lipinski definition) is 3. The Balaban J connectivity index is 2.05. The molecule has 0 saturated carbocycles. The van der Waals surface area contributed by atoms with Crippen LogP contribution in [0, 0.1) is 0 Å². The van der Waals surface area contributed by atoms with E-state index in [1.54, 1.807) is 0 Å². The topological polar surface area (TPSA) is 81.7 Å². The number of piperidine rings is 1. The highest BCUT2D eigenvalue weighted by molar-refractivity contribution is 5.88. The third-order valence-corrected chi connectivity index (χ3v) is 4.10. The summed E-state index contributed by atoms with van der Waals surface area (Å²) in [6.45, 7) is 5.05. The van der Waals surface area contributed by atoms with E-state index in [4.69, 9.17) is 0 Å². The van der Waals surface area contributed by atoms with Crippen LogP contribution in [0.1, 0.15) is 38.3 Å². The zero-order valence-corrected chi connectivity index (χ0v) is 14.4. The molecule has 6 heteroatoms. The number of carbonyl (C=O) groups is 2. The highest BCUT2D eigenvalue weighted by atomic mass is 16.3. The van der Waals surface area contributed by atoms with E-state index in [9.17, 15) is 14.7 Å². The number of nitrogens with one attached hydrogen (secondary N) is 2. The first kappa shape index (κ1) is 18.4.